The Bertz CT molecular complexity index is 648. The molecule has 0 aliphatic carbocycles. The summed E-state index contributed by atoms with van der Waals surface area (Å²) in [6, 6.07) is 2.17. The van der Waals surface area contributed by atoms with Gasteiger partial charge in [-0.25, -0.2) is 4.98 Å². The Hall–Kier alpha value is -1.59. The van der Waals surface area contributed by atoms with Crippen LogP contribution in [-0.2, 0) is 13.1 Å². The summed E-state index contributed by atoms with van der Waals surface area (Å²) in [5, 5.41) is 5.52. The Morgan fingerprint density at radius 3 is 3.00 bits per heavy atom. The van der Waals surface area contributed by atoms with Crippen molar-refractivity contribution in [2.24, 2.45) is 5.92 Å². The fourth-order valence-corrected chi connectivity index (χ4v) is 2.96. The maximum atomic E-state index is 4.61. The van der Waals surface area contributed by atoms with Crippen molar-refractivity contribution in [1.82, 2.24) is 19.3 Å². The van der Waals surface area contributed by atoms with Crippen LogP contribution in [0.5, 0.6) is 0 Å². The van der Waals surface area contributed by atoms with Crippen molar-refractivity contribution in [2.45, 2.75) is 26.9 Å². The number of hydrogen-bond acceptors (Lipinski definition) is 3. The molecule has 0 saturated heterocycles. The Morgan fingerprint density at radius 1 is 1.30 bits per heavy atom. The van der Waals surface area contributed by atoms with Gasteiger partial charge in [0.1, 0.15) is 0 Å². The molecule has 0 aliphatic rings. The van der Waals surface area contributed by atoms with E-state index in [4.69, 9.17) is 0 Å². The van der Waals surface area contributed by atoms with Crippen molar-refractivity contribution in [3.63, 3.8) is 0 Å². The van der Waals surface area contributed by atoms with Gasteiger partial charge >= 0.3 is 0 Å². The zero-order valence-electron chi connectivity index (χ0n) is 11.9. The van der Waals surface area contributed by atoms with Crippen LogP contribution in [0.4, 0.5) is 0 Å². The van der Waals surface area contributed by atoms with E-state index in [1.807, 2.05) is 6.20 Å². The van der Waals surface area contributed by atoms with Crippen LogP contribution in [-0.4, -0.2) is 20.5 Å². The van der Waals surface area contributed by atoms with E-state index < -0.39 is 0 Å². The van der Waals surface area contributed by atoms with Crippen LogP contribution in [0.25, 0.3) is 4.96 Å². The van der Waals surface area contributed by atoms with Crippen LogP contribution in [0.2, 0.25) is 0 Å². The fraction of sp³-hybridized carbons (Fsp3) is 0.400. The average molecular weight is 288 g/mol. The van der Waals surface area contributed by atoms with Crippen molar-refractivity contribution >= 4 is 16.3 Å². The first kappa shape index (κ1) is 13.4. The van der Waals surface area contributed by atoms with Crippen LogP contribution in [0, 0.1) is 5.92 Å². The molecule has 0 saturated carbocycles. The van der Waals surface area contributed by atoms with Crippen molar-refractivity contribution in [2.75, 3.05) is 6.54 Å². The SMILES string of the molecule is CC(C)CNCc1ccn(Cc2cn3ccsc3n2)c1. The summed E-state index contributed by atoms with van der Waals surface area (Å²) in [4.78, 5) is 5.67. The van der Waals surface area contributed by atoms with E-state index in [1.54, 1.807) is 11.3 Å². The summed E-state index contributed by atoms with van der Waals surface area (Å²) in [5.41, 5.74) is 2.43. The van der Waals surface area contributed by atoms with Crippen molar-refractivity contribution < 1.29 is 0 Å². The Kier molecular flexibility index (Phi) is 3.89. The van der Waals surface area contributed by atoms with E-state index in [0.717, 1.165) is 30.3 Å². The first-order valence-electron chi connectivity index (χ1n) is 6.97. The summed E-state index contributed by atoms with van der Waals surface area (Å²) in [7, 11) is 0. The van der Waals surface area contributed by atoms with E-state index in [1.165, 1.54) is 5.56 Å². The Labute approximate surface area is 123 Å². The van der Waals surface area contributed by atoms with Crippen LogP contribution in [0.3, 0.4) is 0 Å². The topological polar surface area (TPSA) is 34.3 Å². The second-order valence-corrected chi connectivity index (χ2v) is 6.41. The summed E-state index contributed by atoms with van der Waals surface area (Å²) >= 11 is 1.67. The average Bonchev–Trinajstić information content (AvgIpc) is 3.05. The molecule has 4 nitrogen and oxygen atoms in total. The standard InChI is InChI=1S/C15H20N4S/c1-12(2)7-16-8-13-3-4-18(9-13)10-14-11-19-5-6-20-15(19)17-14/h3-6,9,11-12,16H,7-8,10H2,1-2H3. The molecule has 0 bridgehead atoms. The van der Waals surface area contributed by atoms with Gasteiger partial charge < -0.3 is 9.88 Å². The van der Waals surface area contributed by atoms with Crippen molar-refractivity contribution in [1.29, 1.82) is 0 Å². The third kappa shape index (κ3) is 3.11. The molecule has 0 unspecified atom stereocenters. The molecule has 20 heavy (non-hydrogen) atoms. The molecule has 0 fully saturated rings. The molecular formula is C15H20N4S. The van der Waals surface area contributed by atoms with Gasteiger partial charge in [0.15, 0.2) is 4.96 Å². The van der Waals surface area contributed by atoms with Crippen LogP contribution in [0.1, 0.15) is 25.1 Å². The van der Waals surface area contributed by atoms with E-state index in [-0.39, 0.29) is 0 Å². The number of fused-ring (bicyclic) bond motifs is 1. The predicted octanol–water partition coefficient (Wildman–Crippen LogP) is 2.99. The molecule has 3 aromatic heterocycles. The smallest absolute Gasteiger partial charge is 0.193 e. The minimum atomic E-state index is 0.690. The highest BCUT2D eigenvalue weighted by atomic mass is 32.1. The highest BCUT2D eigenvalue weighted by Gasteiger charge is 2.04. The van der Waals surface area contributed by atoms with E-state index >= 15 is 0 Å². The number of imidazole rings is 1. The lowest BCUT2D eigenvalue weighted by Crippen LogP contribution is -2.18. The molecule has 3 aromatic rings. The molecule has 0 spiro atoms. The Balaban J connectivity index is 1.60. The van der Waals surface area contributed by atoms with Gasteiger partial charge in [-0.3, -0.25) is 4.40 Å². The minimum absolute atomic E-state index is 0.690. The number of hydrogen-bond donors (Lipinski definition) is 1. The predicted molar refractivity (Wildman–Crippen MR) is 83.1 cm³/mol. The maximum absolute atomic E-state index is 4.61. The molecule has 1 N–H and O–H groups in total. The lowest BCUT2D eigenvalue weighted by atomic mass is 10.2. The second kappa shape index (κ2) is 5.81. The highest BCUT2D eigenvalue weighted by molar-refractivity contribution is 7.15. The van der Waals surface area contributed by atoms with Gasteiger partial charge in [0.2, 0.25) is 0 Å². The molecule has 106 valence electrons. The van der Waals surface area contributed by atoms with Gasteiger partial charge in [0, 0.05) is 36.7 Å². The number of nitrogens with one attached hydrogen (secondary N) is 1. The molecule has 0 amide bonds. The third-order valence-electron chi connectivity index (χ3n) is 3.18. The molecule has 3 heterocycles. The molecule has 5 heteroatoms. The summed E-state index contributed by atoms with van der Waals surface area (Å²) in [6.07, 6.45) is 8.47. The van der Waals surface area contributed by atoms with Gasteiger partial charge in [0.05, 0.1) is 12.2 Å². The summed E-state index contributed by atoms with van der Waals surface area (Å²) < 4.78 is 4.27. The molecular weight excluding hydrogens is 268 g/mol. The molecule has 0 aliphatic heterocycles. The summed E-state index contributed by atoms with van der Waals surface area (Å²) in [5.74, 6) is 0.690. The van der Waals surface area contributed by atoms with Crippen molar-refractivity contribution in [3.05, 3.63) is 47.5 Å². The molecule has 0 atom stereocenters. The zero-order valence-corrected chi connectivity index (χ0v) is 12.7. The lowest BCUT2D eigenvalue weighted by Gasteiger charge is -2.05. The number of rotatable bonds is 6. The van der Waals surface area contributed by atoms with E-state index in [9.17, 15) is 0 Å². The third-order valence-corrected chi connectivity index (χ3v) is 3.95. The summed E-state index contributed by atoms with van der Waals surface area (Å²) in [6.45, 7) is 7.27. The molecule has 0 radical (unpaired) electrons. The second-order valence-electron chi connectivity index (χ2n) is 5.54. The molecule has 0 aromatic carbocycles. The monoisotopic (exact) mass is 288 g/mol. The van der Waals surface area contributed by atoms with Gasteiger partial charge in [-0.05, 0) is 24.1 Å². The van der Waals surface area contributed by atoms with Gasteiger partial charge in [-0.15, -0.1) is 11.3 Å². The maximum Gasteiger partial charge on any atom is 0.193 e. The zero-order chi connectivity index (χ0) is 13.9. The number of thiazole rings is 1. The van der Waals surface area contributed by atoms with Gasteiger partial charge in [0.25, 0.3) is 0 Å². The van der Waals surface area contributed by atoms with Gasteiger partial charge in [-0.2, -0.15) is 0 Å². The van der Waals surface area contributed by atoms with Crippen LogP contribution in [0.15, 0.2) is 36.2 Å². The van der Waals surface area contributed by atoms with Crippen molar-refractivity contribution in [3.8, 4) is 0 Å². The van der Waals surface area contributed by atoms with Crippen LogP contribution >= 0.6 is 11.3 Å². The lowest BCUT2D eigenvalue weighted by molar-refractivity contribution is 0.552. The van der Waals surface area contributed by atoms with Crippen LogP contribution < -0.4 is 5.32 Å². The highest BCUT2D eigenvalue weighted by Crippen LogP contribution is 2.13. The first-order chi connectivity index (χ1) is 9.70. The number of nitrogens with zero attached hydrogens (tertiary/aromatic N) is 3. The quantitative estimate of drug-likeness (QED) is 0.756. The van der Waals surface area contributed by atoms with Gasteiger partial charge in [-0.1, -0.05) is 13.8 Å². The number of aromatic nitrogens is 3. The van der Waals surface area contributed by atoms with E-state index in [0.29, 0.717) is 5.92 Å². The normalized spacial score (nSPS) is 11.8. The molecule has 3 rings (SSSR count). The fourth-order valence-electron chi connectivity index (χ4n) is 2.24. The van der Waals surface area contributed by atoms with E-state index in [2.05, 4.69) is 63.2 Å². The minimum Gasteiger partial charge on any atom is -0.348 e. The Morgan fingerprint density at radius 2 is 2.20 bits per heavy atom. The first-order valence-corrected chi connectivity index (χ1v) is 7.85. The largest absolute Gasteiger partial charge is 0.348 e.